The van der Waals surface area contributed by atoms with Crippen molar-refractivity contribution in [3.05, 3.63) is 74.4 Å². The molecule has 0 aliphatic carbocycles. The number of ether oxygens (including phenoxy) is 1. The quantitative estimate of drug-likeness (QED) is 0.284. The number of rotatable bonds is 9. The minimum absolute atomic E-state index is 0.0524. The van der Waals surface area contributed by atoms with Gasteiger partial charge in [0.05, 0.1) is 12.2 Å². The Hall–Kier alpha value is -3.40. The van der Waals surface area contributed by atoms with Crippen molar-refractivity contribution in [1.29, 1.82) is 0 Å². The van der Waals surface area contributed by atoms with Gasteiger partial charge < -0.3 is 9.84 Å². The number of halogens is 5. The van der Waals surface area contributed by atoms with E-state index in [9.17, 15) is 27.9 Å². The molecule has 0 aliphatic rings. The van der Waals surface area contributed by atoms with Crippen molar-refractivity contribution in [2.75, 3.05) is 13.7 Å². The summed E-state index contributed by atoms with van der Waals surface area (Å²) in [5.74, 6) is -0.470. The molecule has 0 radical (unpaired) electrons. The van der Waals surface area contributed by atoms with Crippen LogP contribution in [-0.2, 0) is 17.8 Å². The number of hydrogen-bond donors (Lipinski definition) is 1. The maximum Gasteiger partial charge on any atom is 0.416 e. The summed E-state index contributed by atoms with van der Waals surface area (Å²) in [6.07, 6.45) is -6.33. The van der Waals surface area contributed by atoms with Crippen molar-refractivity contribution >= 4 is 33.3 Å². The average molecular weight is 617 g/mol. The molecule has 1 aromatic carbocycles. The highest BCUT2D eigenvalue weighted by molar-refractivity contribution is 9.10. The molecular weight excluding hydrogens is 599 g/mol. The monoisotopic (exact) mass is 615 g/mol. The molecular formula is C22H18BrClF3N7O4. The van der Waals surface area contributed by atoms with Crippen LogP contribution in [0.1, 0.15) is 16.3 Å². The SMILES string of the molecule is COCC(=O)c1ncccc1-n1nc(Cn2nc(-c3ccc(Cl)cc3)n(C[C@@H](O)C(F)(F)F)c2=O)nc1Br. The van der Waals surface area contributed by atoms with Gasteiger partial charge in [0.1, 0.15) is 18.8 Å². The molecule has 0 unspecified atom stereocenters. The maximum absolute atomic E-state index is 13.1. The zero-order valence-electron chi connectivity index (χ0n) is 19.4. The van der Waals surface area contributed by atoms with E-state index in [-0.39, 0.29) is 40.9 Å². The summed E-state index contributed by atoms with van der Waals surface area (Å²) >= 11 is 9.17. The molecule has 0 fully saturated rings. The van der Waals surface area contributed by atoms with Crippen molar-refractivity contribution in [3.63, 3.8) is 0 Å². The van der Waals surface area contributed by atoms with Crippen LogP contribution >= 0.6 is 27.5 Å². The van der Waals surface area contributed by atoms with Gasteiger partial charge in [0.25, 0.3) is 0 Å². The van der Waals surface area contributed by atoms with Crippen LogP contribution in [0.15, 0.2) is 52.1 Å². The van der Waals surface area contributed by atoms with Crippen LogP contribution in [0, 0.1) is 0 Å². The van der Waals surface area contributed by atoms with Crippen LogP contribution in [0.25, 0.3) is 17.1 Å². The first kappa shape index (κ1) is 27.6. The van der Waals surface area contributed by atoms with Crippen molar-refractivity contribution in [2.45, 2.75) is 25.4 Å². The van der Waals surface area contributed by atoms with E-state index in [2.05, 4.69) is 36.1 Å². The zero-order chi connectivity index (χ0) is 27.6. The number of Topliss-reactive ketones (excluding diaryl/α,β-unsaturated/α-hetero) is 1. The molecule has 0 spiro atoms. The van der Waals surface area contributed by atoms with Crippen molar-refractivity contribution in [3.8, 4) is 17.1 Å². The Morgan fingerprint density at radius 3 is 2.58 bits per heavy atom. The van der Waals surface area contributed by atoms with E-state index in [0.29, 0.717) is 10.6 Å². The molecule has 0 aliphatic heterocycles. The highest BCUT2D eigenvalue weighted by Gasteiger charge is 2.39. The molecule has 0 saturated heterocycles. The van der Waals surface area contributed by atoms with E-state index in [4.69, 9.17) is 16.3 Å². The molecule has 3 aromatic heterocycles. The van der Waals surface area contributed by atoms with Crippen LogP contribution < -0.4 is 5.69 Å². The summed E-state index contributed by atoms with van der Waals surface area (Å²) < 4.78 is 47.2. The highest BCUT2D eigenvalue weighted by atomic mass is 79.9. The predicted molar refractivity (Wildman–Crippen MR) is 131 cm³/mol. The second-order valence-corrected chi connectivity index (χ2v) is 9.02. The van der Waals surface area contributed by atoms with Gasteiger partial charge in [-0.15, -0.1) is 10.2 Å². The second-order valence-electron chi connectivity index (χ2n) is 7.87. The molecule has 4 aromatic rings. The van der Waals surface area contributed by atoms with E-state index in [0.717, 1.165) is 9.25 Å². The fourth-order valence-electron chi connectivity index (χ4n) is 3.47. The molecule has 0 bridgehead atoms. The first-order valence-corrected chi connectivity index (χ1v) is 11.9. The van der Waals surface area contributed by atoms with E-state index >= 15 is 0 Å². The Kier molecular flexibility index (Phi) is 8.10. The predicted octanol–water partition coefficient (Wildman–Crippen LogP) is 2.90. The fraction of sp³-hybridized carbons (Fsp3) is 0.273. The lowest BCUT2D eigenvalue weighted by atomic mass is 10.2. The number of carbonyl (C=O) groups is 1. The number of alkyl halides is 3. The summed E-state index contributed by atoms with van der Waals surface area (Å²) in [7, 11) is 1.37. The van der Waals surface area contributed by atoms with Crippen molar-refractivity contribution < 1.29 is 27.8 Å². The summed E-state index contributed by atoms with van der Waals surface area (Å²) in [4.78, 5) is 33.8. The summed E-state index contributed by atoms with van der Waals surface area (Å²) in [6.45, 7) is -1.62. The van der Waals surface area contributed by atoms with Gasteiger partial charge in [-0.3, -0.25) is 14.3 Å². The molecule has 1 N–H and O–H groups in total. The van der Waals surface area contributed by atoms with Gasteiger partial charge in [-0.2, -0.15) is 13.2 Å². The Bertz CT molecular complexity index is 1520. The van der Waals surface area contributed by atoms with Gasteiger partial charge in [0, 0.05) is 23.9 Å². The molecule has 0 saturated carbocycles. The molecule has 4 rings (SSSR count). The molecule has 11 nitrogen and oxygen atoms in total. The standard InChI is InChI=1S/C22H18BrClF3N7O4/c1-38-11-15(35)18-14(3-2-8-28-18)34-20(23)29-17(30-34)10-33-21(37)32(9-16(36)22(25,26)27)19(31-33)12-4-6-13(24)7-5-12/h2-8,16,36H,9-11H2,1H3/t16-/m1/s1. The third-order valence-electron chi connectivity index (χ3n) is 5.22. The summed E-state index contributed by atoms with van der Waals surface area (Å²) in [5.41, 5.74) is -0.272. The van der Waals surface area contributed by atoms with E-state index in [1.807, 2.05) is 0 Å². The topological polar surface area (TPSA) is 130 Å². The largest absolute Gasteiger partial charge is 0.416 e. The number of ketones is 1. The van der Waals surface area contributed by atoms with E-state index in [1.165, 1.54) is 42.3 Å². The van der Waals surface area contributed by atoms with Gasteiger partial charge in [0.2, 0.25) is 5.78 Å². The van der Waals surface area contributed by atoms with Crippen LogP contribution in [-0.4, -0.2) is 71.0 Å². The number of nitrogens with zero attached hydrogens (tertiary/aromatic N) is 7. The van der Waals surface area contributed by atoms with Gasteiger partial charge in [0.15, 0.2) is 22.5 Å². The minimum Gasteiger partial charge on any atom is -0.382 e. The summed E-state index contributed by atoms with van der Waals surface area (Å²) in [6, 6.07) is 9.11. The van der Waals surface area contributed by atoms with Gasteiger partial charge >= 0.3 is 11.9 Å². The highest BCUT2D eigenvalue weighted by Crippen LogP contribution is 2.24. The second kappa shape index (κ2) is 11.1. The lowest BCUT2D eigenvalue weighted by molar-refractivity contribution is -0.207. The van der Waals surface area contributed by atoms with Crippen molar-refractivity contribution in [2.24, 2.45) is 0 Å². The number of aliphatic hydroxyl groups excluding tert-OH is 1. The first-order chi connectivity index (χ1) is 18.0. The average Bonchev–Trinajstić information content (AvgIpc) is 3.38. The summed E-state index contributed by atoms with van der Waals surface area (Å²) in [5, 5.41) is 18.5. The number of carbonyl (C=O) groups excluding carboxylic acids is 1. The molecule has 200 valence electrons. The van der Waals surface area contributed by atoms with Gasteiger partial charge in [-0.1, -0.05) is 11.6 Å². The molecule has 38 heavy (non-hydrogen) atoms. The maximum atomic E-state index is 13.1. The fourth-order valence-corrected chi connectivity index (χ4v) is 4.07. The number of aromatic nitrogens is 7. The normalized spacial score (nSPS) is 12.6. The minimum atomic E-state index is -4.95. The third-order valence-corrected chi connectivity index (χ3v) is 5.98. The number of benzene rings is 1. The van der Waals surface area contributed by atoms with Crippen molar-refractivity contribution in [1.82, 2.24) is 34.1 Å². The number of hydrogen-bond acceptors (Lipinski definition) is 8. The van der Waals surface area contributed by atoms with Crippen LogP contribution in [0.2, 0.25) is 5.02 Å². The number of pyridine rings is 1. The lowest BCUT2D eigenvalue weighted by Gasteiger charge is -2.15. The van der Waals surface area contributed by atoms with Crippen LogP contribution in [0.4, 0.5) is 13.2 Å². The lowest BCUT2D eigenvalue weighted by Crippen LogP contribution is -2.37. The molecule has 16 heteroatoms. The number of aliphatic hydroxyl groups is 1. The first-order valence-electron chi connectivity index (χ1n) is 10.8. The van der Waals surface area contributed by atoms with Crippen LogP contribution in [0.3, 0.4) is 0 Å². The Morgan fingerprint density at radius 2 is 1.92 bits per heavy atom. The third kappa shape index (κ3) is 5.85. The number of methoxy groups -OCH3 is 1. The molecule has 3 heterocycles. The van der Waals surface area contributed by atoms with Gasteiger partial charge in [-0.25, -0.2) is 19.1 Å². The smallest absolute Gasteiger partial charge is 0.382 e. The Balaban J connectivity index is 1.73. The van der Waals surface area contributed by atoms with Gasteiger partial charge in [-0.05, 0) is 52.3 Å². The Labute approximate surface area is 225 Å². The van der Waals surface area contributed by atoms with E-state index in [1.54, 1.807) is 12.1 Å². The van der Waals surface area contributed by atoms with Crippen LogP contribution in [0.5, 0.6) is 0 Å². The Morgan fingerprint density at radius 1 is 1.21 bits per heavy atom. The van der Waals surface area contributed by atoms with E-state index < -0.39 is 30.3 Å². The zero-order valence-corrected chi connectivity index (χ0v) is 21.8. The molecule has 1 atom stereocenters. The molecule has 0 amide bonds.